The third-order valence-electron chi connectivity index (χ3n) is 1.23. The molecule has 0 amide bonds. The number of hydrogen-bond donors (Lipinski definition) is 0. The first-order chi connectivity index (χ1) is 5.81. The van der Waals surface area contributed by atoms with Crippen LogP contribution in [0.3, 0.4) is 0 Å². The number of allylic oxidation sites excluding steroid dienone is 1. The van der Waals surface area contributed by atoms with E-state index in [0.29, 0.717) is 6.61 Å². The lowest BCUT2D eigenvalue weighted by Gasteiger charge is -1.93. The maximum absolute atomic E-state index is 10.7. The van der Waals surface area contributed by atoms with E-state index in [1.807, 2.05) is 0 Å². The van der Waals surface area contributed by atoms with Gasteiger partial charge in [-0.1, -0.05) is 6.08 Å². The van der Waals surface area contributed by atoms with Gasteiger partial charge in [-0.15, -0.1) is 12.3 Å². The van der Waals surface area contributed by atoms with E-state index >= 15 is 0 Å². The van der Waals surface area contributed by atoms with Gasteiger partial charge in [-0.2, -0.15) is 0 Å². The van der Waals surface area contributed by atoms with Gasteiger partial charge in [0.15, 0.2) is 0 Å². The van der Waals surface area contributed by atoms with Crippen LogP contribution in [0.15, 0.2) is 12.2 Å². The molecular formula is C10H14O2. The van der Waals surface area contributed by atoms with Crippen LogP contribution in [-0.2, 0) is 9.53 Å². The zero-order valence-corrected chi connectivity index (χ0v) is 7.38. The van der Waals surface area contributed by atoms with Crippen molar-refractivity contribution in [2.24, 2.45) is 0 Å². The van der Waals surface area contributed by atoms with Crippen molar-refractivity contribution in [1.29, 1.82) is 0 Å². The molecule has 0 aliphatic heterocycles. The van der Waals surface area contributed by atoms with Gasteiger partial charge in [-0.05, 0) is 19.8 Å². The van der Waals surface area contributed by atoms with Crippen LogP contribution in [0.4, 0.5) is 0 Å². The van der Waals surface area contributed by atoms with E-state index in [1.165, 1.54) is 6.08 Å². The van der Waals surface area contributed by atoms with E-state index in [9.17, 15) is 4.79 Å². The largest absolute Gasteiger partial charge is 0.463 e. The van der Waals surface area contributed by atoms with Crippen LogP contribution in [0.25, 0.3) is 0 Å². The molecule has 0 bridgehead atoms. The Morgan fingerprint density at radius 2 is 2.42 bits per heavy atom. The molecule has 12 heavy (non-hydrogen) atoms. The number of ether oxygens (including phenoxy) is 1. The van der Waals surface area contributed by atoms with Gasteiger partial charge < -0.3 is 4.74 Å². The highest BCUT2D eigenvalue weighted by atomic mass is 16.5. The van der Waals surface area contributed by atoms with Crippen molar-refractivity contribution in [2.45, 2.75) is 26.2 Å². The fourth-order valence-electron chi connectivity index (χ4n) is 0.692. The molecule has 0 rings (SSSR count). The number of hydrogen-bond acceptors (Lipinski definition) is 2. The summed E-state index contributed by atoms with van der Waals surface area (Å²) >= 11 is 0. The zero-order valence-electron chi connectivity index (χ0n) is 7.38. The Hall–Kier alpha value is -1.23. The van der Waals surface area contributed by atoms with Crippen molar-refractivity contribution in [3.05, 3.63) is 12.2 Å². The van der Waals surface area contributed by atoms with Crippen molar-refractivity contribution in [2.75, 3.05) is 6.61 Å². The van der Waals surface area contributed by atoms with Gasteiger partial charge in [0.2, 0.25) is 0 Å². The molecule has 0 unspecified atom stereocenters. The van der Waals surface area contributed by atoms with Gasteiger partial charge >= 0.3 is 5.97 Å². The summed E-state index contributed by atoms with van der Waals surface area (Å²) in [7, 11) is 0. The van der Waals surface area contributed by atoms with Crippen LogP contribution in [0, 0.1) is 12.3 Å². The Kier molecular flexibility index (Phi) is 7.07. The lowest BCUT2D eigenvalue weighted by Crippen LogP contribution is -1.98. The Labute approximate surface area is 73.6 Å². The van der Waals surface area contributed by atoms with Gasteiger partial charge in [0.25, 0.3) is 0 Å². The highest BCUT2D eigenvalue weighted by Crippen LogP contribution is 1.95. The Morgan fingerprint density at radius 3 is 3.00 bits per heavy atom. The molecular weight excluding hydrogens is 152 g/mol. The van der Waals surface area contributed by atoms with E-state index in [4.69, 9.17) is 6.42 Å². The summed E-state index contributed by atoms with van der Waals surface area (Å²) in [5, 5.41) is 0. The quantitative estimate of drug-likeness (QED) is 0.270. The van der Waals surface area contributed by atoms with Crippen LogP contribution in [0.5, 0.6) is 0 Å². The van der Waals surface area contributed by atoms with E-state index in [1.54, 1.807) is 13.0 Å². The minimum absolute atomic E-state index is 0.279. The molecule has 0 aromatic heterocycles. The molecule has 0 radical (unpaired) electrons. The van der Waals surface area contributed by atoms with E-state index < -0.39 is 0 Å². The molecule has 2 heteroatoms. The summed E-state index contributed by atoms with van der Waals surface area (Å²) in [5.74, 6) is 2.25. The minimum Gasteiger partial charge on any atom is -0.463 e. The van der Waals surface area contributed by atoms with E-state index in [-0.39, 0.29) is 5.97 Å². The van der Waals surface area contributed by atoms with Crippen molar-refractivity contribution in [1.82, 2.24) is 0 Å². The highest BCUT2D eigenvalue weighted by Gasteiger charge is 1.91. The smallest absolute Gasteiger partial charge is 0.330 e. The standard InChI is InChI=1S/C10H14O2/c1-3-5-6-7-8-9-10(11)12-4-2/h1,8-9H,4-7H2,2H3/b9-8+. The number of terminal acetylenes is 1. The topological polar surface area (TPSA) is 26.3 Å². The molecule has 66 valence electrons. The monoisotopic (exact) mass is 166 g/mol. The molecule has 0 aromatic carbocycles. The Morgan fingerprint density at radius 1 is 1.67 bits per heavy atom. The van der Waals surface area contributed by atoms with E-state index in [0.717, 1.165) is 19.3 Å². The number of esters is 1. The van der Waals surface area contributed by atoms with Gasteiger partial charge in [0.05, 0.1) is 6.61 Å². The fourth-order valence-corrected chi connectivity index (χ4v) is 0.692. The summed E-state index contributed by atoms with van der Waals surface area (Å²) in [5.41, 5.74) is 0. The van der Waals surface area contributed by atoms with Gasteiger partial charge in [0.1, 0.15) is 0 Å². The second kappa shape index (κ2) is 7.87. The molecule has 0 atom stereocenters. The number of carbonyl (C=O) groups excluding carboxylic acids is 1. The van der Waals surface area contributed by atoms with Crippen molar-refractivity contribution < 1.29 is 9.53 Å². The fraction of sp³-hybridized carbons (Fsp3) is 0.500. The molecule has 0 aliphatic rings. The predicted molar refractivity (Wildman–Crippen MR) is 48.5 cm³/mol. The Balaban J connectivity index is 3.36. The van der Waals surface area contributed by atoms with E-state index in [2.05, 4.69) is 10.7 Å². The molecule has 0 heterocycles. The Bertz CT molecular complexity index is 187. The van der Waals surface area contributed by atoms with Crippen LogP contribution >= 0.6 is 0 Å². The van der Waals surface area contributed by atoms with Crippen LogP contribution in [0.2, 0.25) is 0 Å². The summed E-state index contributed by atoms with van der Waals surface area (Å²) in [6.45, 7) is 2.21. The highest BCUT2D eigenvalue weighted by molar-refractivity contribution is 5.81. The van der Waals surface area contributed by atoms with Gasteiger partial charge in [-0.25, -0.2) is 4.79 Å². The number of carbonyl (C=O) groups is 1. The lowest BCUT2D eigenvalue weighted by molar-refractivity contribution is -0.137. The van der Waals surface area contributed by atoms with Crippen LogP contribution < -0.4 is 0 Å². The van der Waals surface area contributed by atoms with Crippen LogP contribution in [0.1, 0.15) is 26.2 Å². The molecule has 0 aliphatic carbocycles. The first kappa shape index (κ1) is 10.8. The molecule has 2 nitrogen and oxygen atoms in total. The second-order valence-electron chi connectivity index (χ2n) is 2.25. The summed E-state index contributed by atoms with van der Waals surface area (Å²) < 4.78 is 4.68. The maximum atomic E-state index is 10.7. The summed E-state index contributed by atoms with van der Waals surface area (Å²) in [4.78, 5) is 10.7. The second-order valence-corrected chi connectivity index (χ2v) is 2.25. The van der Waals surface area contributed by atoms with Crippen LogP contribution in [-0.4, -0.2) is 12.6 Å². The number of rotatable bonds is 5. The zero-order chi connectivity index (χ0) is 9.23. The molecule has 0 saturated carbocycles. The SMILES string of the molecule is C#CCCC/C=C/C(=O)OCC. The van der Waals surface area contributed by atoms with Crippen molar-refractivity contribution >= 4 is 5.97 Å². The minimum atomic E-state index is -0.279. The molecule has 0 aromatic rings. The molecule has 0 saturated heterocycles. The normalized spacial score (nSPS) is 9.67. The van der Waals surface area contributed by atoms with Gasteiger partial charge in [0, 0.05) is 12.5 Å². The van der Waals surface area contributed by atoms with Gasteiger partial charge in [-0.3, -0.25) is 0 Å². The summed E-state index contributed by atoms with van der Waals surface area (Å²) in [6.07, 6.45) is 10.8. The number of unbranched alkanes of at least 4 members (excludes halogenated alkanes) is 2. The lowest BCUT2D eigenvalue weighted by atomic mass is 10.2. The predicted octanol–water partition coefficient (Wildman–Crippen LogP) is 1.91. The molecule has 0 N–H and O–H groups in total. The average molecular weight is 166 g/mol. The van der Waals surface area contributed by atoms with Crippen molar-refractivity contribution in [3.8, 4) is 12.3 Å². The average Bonchev–Trinajstić information content (AvgIpc) is 2.05. The maximum Gasteiger partial charge on any atom is 0.330 e. The molecule has 0 fully saturated rings. The molecule has 0 spiro atoms. The summed E-state index contributed by atoms with van der Waals surface area (Å²) in [6, 6.07) is 0. The third kappa shape index (κ3) is 6.88. The first-order valence-corrected chi connectivity index (χ1v) is 4.08. The third-order valence-corrected chi connectivity index (χ3v) is 1.23. The first-order valence-electron chi connectivity index (χ1n) is 4.08. The van der Waals surface area contributed by atoms with Crippen molar-refractivity contribution in [3.63, 3.8) is 0 Å².